The normalized spacial score (nSPS) is 23.7. The third kappa shape index (κ3) is 4.35. The van der Waals surface area contributed by atoms with Crippen molar-refractivity contribution in [2.75, 3.05) is 29.9 Å². The van der Waals surface area contributed by atoms with Gasteiger partial charge in [0.1, 0.15) is 3.78 Å². The highest BCUT2D eigenvalue weighted by Crippen LogP contribution is 2.40. The molecule has 0 spiro atoms. The second-order valence-corrected chi connectivity index (χ2v) is 8.64. The molecule has 1 heterocycles. The molecule has 6 heteroatoms. The number of anilines is 1. The molecule has 0 bridgehead atoms. The van der Waals surface area contributed by atoms with Crippen LogP contribution in [0.3, 0.4) is 0 Å². The Balaban J connectivity index is 2.17. The van der Waals surface area contributed by atoms with Crippen molar-refractivity contribution in [2.45, 2.75) is 29.3 Å². The molecule has 1 aromatic rings. The molecule has 1 aliphatic rings. The van der Waals surface area contributed by atoms with Gasteiger partial charge >= 0.3 is 0 Å². The maximum atomic E-state index is 9.95. The second-order valence-electron chi connectivity index (χ2n) is 5.40. The number of hydrogen-bond donors (Lipinski definition) is 2. The molecule has 3 atom stereocenters. The molecule has 1 aromatic carbocycles. The van der Waals surface area contributed by atoms with E-state index in [0.717, 1.165) is 42.6 Å². The number of nitrogens with one attached hydrogen (secondary N) is 1. The Morgan fingerprint density at radius 1 is 1.48 bits per heavy atom. The molecule has 3 unspecified atom stereocenters. The summed E-state index contributed by atoms with van der Waals surface area (Å²) in [6.45, 7) is 4.49. The Morgan fingerprint density at radius 3 is 2.71 bits per heavy atom. The van der Waals surface area contributed by atoms with Crippen molar-refractivity contribution in [1.82, 2.24) is 5.32 Å². The number of piperazine rings is 1. The molecule has 2 N–H and O–H groups in total. The molecule has 0 radical (unpaired) electrons. The minimum atomic E-state index is -0.526. The lowest BCUT2D eigenvalue weighted by atomic mass is 10.0. The molecule has 2 rings (SSSR count). The topological polar surface area (TPSA) is 35.5 Å². The van der Waals surface area contributed by atoms with E-state index in [1.807, 2.05) is 6.92 Å². The van der Waals surface area contributed by atoms with Gasteiger partial charge in [-0.15, -0.1) is 11.6 Å². The number of aliphatic hydroxyl groups excluding tert-OH is 1. The monoisotopic (exact) mass is 438 g/mol. The number of halogens is 3. The van der Waals surface area contributed by atoms with E-state index in [0.29, 0.717) is 0 Å². The van der Waals surface area contributed by atoms with Crippen LogP contribution in [0.25, 0.3) is 0 Å². The van der Waals surface area contributed by atoms with Gasteiger partial charge in [0, 0.05) is 30.7 Å². The molecule has 1 saturated heterocycles. The average Bonchev–Trinajstić information content (AvgIpc) is 2.47. The summed E-state index contributed by atoms with van der Waals surface area (Å²) in [5, 5.41) is 14.1. The van der Waals surface area contributed by atoms with Crippen molar-refractivity contribution in [3.05, 3.63) is 29.8 Å². The standard InChI is InChI=1S/C15H21Br2ClN2O/c1-11(21)14-10-19-8-9-20(14)13-4-2-12(3-5-13)15(17,18)6-7-16/h2-5,11,14,19,21H,6-10H2,1H3. The summed E-state index contributed by atoms with van der Waals surface area (Å²) < 4.78 is -0.526. The molecule has 0 amide bonds. The number of hydrogen-bond acceptors (Lipinski definition) is 3. The Kier molecular flexibility index (Phi) is 6.38. The van der Waals surface area contributed by atoms with Gasteiger partial charge in [-0.05, 0) is 31.0 Å². The average molecular weight is 441 g/mol. The van der Waals surface area contributed by atoms with Crippen molar-refractivity contribution in [3.8, 4) is 0 Å². The maximum absolute atomic E-state index is 9.95. The van der Waals surface area contributed by atoms with Gasteiger partial charge in [-0.1, -0.05) is 44.0 Å². The van der Waals surface area contributed by atoms with Crippen LogP contribution in [-0.4, -0.2) is 42.2 Å². The SMILES string of the molecule is CC(O)C1CNCCN1c1ccc(C(Cl)(Br)CCBr)cc1. The predicted octanol–water partition coefficient (Wildman–Crippen LogP) is 3.42. The largest absolute Gasteiger partial charge is 0.391 e. The van der Waals surface area contributed by atoms with Gasteiger partial charge in [-0.25, -0.2) is 0 Å². The summed E-state index contributed by atoms with van der Waals surface area (Å²) >= 11 is 13.5. The molecule has 1 fully saturated rings. The predicted molar refractivity (Wildman–Crippen MR) is 97.0 cm³/mol. The molecular formula is C15H21Br2ClN2O. The summed E-state index contributed by atoms with van der Waals surface area (Å²) in [7, 11) is 0. The zero-order chi connectivity index (χ0) is 15.5. The number of nitrogens with zero attached hydrogens (tertiary/aromatic N) is 1. The van der Waals surface area contributed by atoms with E-state index in [4.69, 9.17) is 11.6 Å². The lowest BCUT2D eigenvalue weighted by molar-refractivity contribution is 0.151. The minimum Gasteiger partial charge on any atom is -0.391 e. The summed E-state index contributed by atoms with van der Waals surface area (Å²) in [6, 6.07) is 8.39. The van der Waals surface area contributed by atoms with Crippen molar-refractivity contribution < 1.29 is 5.11 Å². The molecule has 118 valence electrons. The van der Waals surface area contributed by atoms with Crippen molar-refractivity contribution in [1.29, 1.82) is 0 Å². The van der Waals surface area contributed by atoms with Crippen molar-refractivity contribution in [2.24, 2.45) is 0 Å². The van der Waals surface area contributed by atoms with E-state index < -0.39 is 3.78 Å². The zero-order valence-corrected chi connectivity index (χ0v) is 16.0. The van der Waals surface area contributed by atoms with Gasteiger partial charge < -0.3 is 15.3 Å². The number of alkyl halides is 3. The fourth-order valence-corrected chi connectivity index (χ4v) is 4.67. The highest BCUT2D eigenvalue weighted by atomic mass is 79.9. The highest BCUT2D eigenvalue weighted by Gasteiger charge is 2.28. The molecule has 1 aliphatic heterocycles. The van der Waals surface area contributed by atoms with Crippen LogP contribution >= 0.6 is 43.5 Å². The van der Waals surface area contributed by atoms with Crippen molar-refractivity contribution >= 4 is 49.1 Å². The zero-order valence-electron chi connectivity index (χ0n) is 12.0. The summed E-state index contributed by atoms with van der Waals surface area (Å²) in [4.78, 5) is 2.26. The Labute approximate surface area is 148 Å². The van der Waals surface area contributed by atoms with E-state index in [1.165, 1.54) is 0 Å². The maximum Gasteiger partial charge on any atom is 0.125 e. The Hall–Kier alpha value is 0.190. The molecular weight excluding hydrogens is 419 g/mol. The molecule has 3 nitrogen and oxygen atoms in total. The lowest BCUT2D eigenvalue weighted by Gasteiger charge is -2.39. The van der Waals surface area contributed by atoms with Gasteiger partial charge in [0.05, 0.1) is 12.1 Å². The smallest absolute Gasteiger partial charge is 0.125 e. The number of benzene rings is 1. The van der Waals surface area contributed by atoms with E-state index in [1.54, 1.807) is 0 Å². The molecule has 0 saturated carbocycles. The fourth-order valence-electron chi connectivity index (χ4n) is 2.64. The first kappa shape index (κ1) is 17.5. The molecule has 0 aliphatic carbocycles. The fraction of sp³-hybridized carbons (Fsp3) is 0.600. The van der Waals surface area contributed by atoms with Crippen LogP contribution in [0.1, 0.15) is 18.9 Å². The Morgan fingerprint density at radius 2 is 2.14 bits per heavy atom. The van der Waals surface area contributed by atoms with Crippen LogP contribution in [0.15, 0.2) is 24.3 Å². The van der Waals surface area contributed by atoms with Gasteiger partial charge in [-0.2, -0.15) is 0 Å². The quantitative estimate of drug-likeness (QED) is 0.689. The van der Waals surface area contributed by atoms with Gasteiger partial charge in [0.2, 0.25) is 0 Å². The third-order valence-corrected chi connectivity index (χ3v) is 5.53. The van der Waals surface area contributed by atoms with Crippen LogP contribution in [0.2, 0.25) is 0 Å². The molecule has 21 heavy (non-hydrogen) atoms. The van der Waals surface area contributed by atoms with Crippen LogP contribution in [-0.2, 0) is 3.78 Å². The van der Waals surface area contributed by atoms with Gasteiger partial charge in [-0.3, -0.25) is 0 Å². The first-order valence-corrected chi connectivity index (χ1v) is 9.44. The lowest BCUT2D eigenvalue weighted by Crippen LogP contribution is -2.56. The van der Waals surface area contributed by atoms with E-state index in [2.05, 4.69) is 66.3 Å². The summed E-state index contributed by atoms with van der Waals surface area (Å²) in [5.74, 6) is 0. The van der Waals surface area contributed by atoms with E-state index in [-0.39, 0.29) is 12.1 Å². The van der Waals surface area contributed by atoms with E-state index in [9.17, 15) is 5.11 Å². The third-order valence-electron chi connectivity index (χ3n) is 3.87. The van der Waals surface area contributed by atoms with Crippen LogP contribution in [0, 0.1) is 0 Å². The molecule has 0 aromatic heterocycles. The summed E-state index contributed by atoms with van der Waals surface area (Å²) in [5.41, 5.74) is 2.18. The summed E-state index contributed by atoms with van der Waals surface area (Å²) in [6.07, 6.45) is 0.437. The van der Waals surface area contributed by atoms with Gasteiger partial charge in [0.25, 0.3) is 0 Å². The highest BCUT2D eigenvalue weighted by molar-refractivity contribution is 9.10. The first-order valence-electron chi connectivity index (χ1n) is 7.15. The van der Waals surface area contributed by atoms with Gasteiger partial charge in [0.15, 0.2) is 0 Å². The minimum absolute atomic E-state index is 0.108. The first-order chi connectivity index (χ1) is 9.95. The number of aliphatic hydroxyl groups is 1. The Bertz CT molecular complexity index is 453. The van der Waals surface area contributed by atoms with Crippen LogP contribution in [0.4, 0.5) is 5.69 Å². The second kappa shape index (κ2) is 7.64. The van der Waals surface area contributed by atoms with Crippen LogP contribution in [0.5, 0.6) is 0 Å². The number of rotatable bonds is 5. The van der Waals surface area contributed by atoms with E-state index >= 15 is 0 Å². The van der Waals surface area contributed by atoms with Crippen LogP contribution < -0.4 is 10.2 Å². The van der Waals surface area contributed by atoms with Crippen molar-refractivity contribution in [3.63, 3.8) is 0 Å².